The maximum Gasteiger partial charge on any atom is 0.251 e. The number of hydrogen-bond acceptors (Lipinski definition) is 3. The topological polar surface area (TPSA) is 75.6 Å². The summed E-state index contributed by atoms with van der Waals surface area (Å²) in [7, 11) is 1.54. The molecule has 1 aromatic rings. The van der Waals surface area contributed by atoms with Gasteiger partial charge in [-0.15, -0.1) is 0 Å². The van der Waals surface area contributed by atoms with Gasteiger partial charge in [0.1, 0.15) is 0 Å². The van der Waals surface area contributed by atoms with Crippen LogP contribution in [-0.4, -0.2) is 34.9 Å². The molecule has 0 bridgehead atoms. The Hall–Kier alpha value is -1.24. The highest BCUT2D eigenvalue weighted by atomic mass is 32.2. The number of rotatable bonds is 5. The van der Waals surface area contributed by atoms with Gasteiger partial charge < -0.3 is 14.6 Å². The zero-order valence-corrected chi connectivity index (χ0v) is 9.62. The third-order valence-corrected chi connectivity index (χ3v) is 2.55. The summed E-state index contributed by atoms with van der Waals surface area (Å²) >= 11 is -2.07. The number of benzene rings is 1. The normalized spacial score (nSPS) is 12.1. The fourth-order valence-corrected chi connectivity index (χ4v) is 1.54. The Morgan fingerprint density at radius 2 is 2.31 bits per heavy atom. The predicted molar refractivity (Wildman–Crippen MR) is 59.7 cm³/mol. The van der Waals surface area contributed by atoms with Crippen molar-refractivity contribution in [3.8, 4) is 0 Å². The highest BCUT2D eigenvalue weighted by Gasteiger charge is 2.07. The van der Waals surface area contributed by atoms with Crippen LogP contribution in [0.1, 0.15) is 10.4 Å². The molecule has 0 radical (unpaired) electrons. The van der Waals surface area contributed by atoms with E-state index in [9.17, 15) is 9.00 Å². The fourth-order valence-electron chi connectivity index (χ4n) is 1.11. The first-order valence-electron chi connectivity index (χ1n) is 4.63. The Morgan fingerprint density at radius 1 is 1.56 bits per heavy atom. The summed E-state index contributed by atoms with van der Waals surface area (Å²) in [5, 5.41) is 2.62. The molecule has 5 nitrogen and oxygen atoms in total. The average Bonchev–Trinajstić information content (AvgIpc) is 2.29. The number of carbonyl (C=O) groups excluding carboxylic acids is 1. The van der Waals surface area contributed by atoms with E-state index in [0.29, 0.717) is 18.7 Å². The summed E-state index contributed by atoms with van der Waals surface area (Å²) in [6.07, 6.45) is 0. The molecule has 1 unspecified atom stereocenters. The van der Waals surface area contributed by atoms with Crippen molar-refractivity contribution in [1.29, 1.82) is 0 Å². The molecule has 0 spiro atoms. The number of carbonyl (C=O) groups is 1. The molecule has 6 heteroatoms. The second-order valence-corrected chi connectivity index (χ2v) is 4.00. The SMILES string of the molecule is COCCNC(=O)c1cccc(S(=O)O)c1. The lowest BCUT2D eigenvalue weighted by atomic mass is 10.2. The van der Waals surface area contributed by atoms with E-state index in [2.05, 4.69) is 5.32 Å². The van der Waals surface area contributed by atoms with Crippen molar-refractivity contribution in [1.82, 2.24) is 5.32 Å². The van der Waals surface area contributed by atoms with Crippen LogP contribution in [0.4, 0.5) is 0 Å². The van der Waals surface area contributed by atoms with Gasteiger partial charge in [0, 0.05) is 19.2 Å². The first-order chi connectivity index (χ1) is 7.65. The lowest BCUT2D eigenvalue weighted by molar-refractivity contribution is 0.0937. The molecule has 0 aromatic heterocycles. The summed E-state index contributed by atoms with van der Waals surface area (Å²) in [6, 6.07) is 6.02. The molecule has 1 rings (SSSR count). The van der Waals surface area contributed by atoms with Gasteiger partial charge in [-0.05, 0) is 18.2 Å². The first-order valence-corrected chi connectivity index (χ1v) is 5.74. The smallest absolute Gasteiger partial charge is 0.251 e. The third-order valence-electron chi connectivity index (χ3n) is 1.89. The van der Waals surface area contributed by atoms with Gasteiger partial charge in [0.25, 0.3) is 5.91 Å². The summed E-state index contributed by atoms with van der Waals surface area (Å²) in [5.41, 5.74) is 0.357. The van der Waals surface area contributed by atoms with Crippen LogP contribution in [0.5, 0.6) is 0 Å². The van der Waals surface area contributed by atoms with Crippen molar-refractivity contribution in [3.63, 3.8) is 0 Å². The molecule has 0 heterocycles. The second kappa shape index (κ2) is 6.37. The van der Waals surface area contributed by atoms with Gasteiger partial charge in [-0.3, -0.25) is 4.79 Å². The van der Waals surface area contributed by atoms with Crippen molar-refractivity contribution in [2.75, 3.05) is 20.3 Å². The number of methoxy groups -OCH3 is 1. The minimum absolute atomic E-state index is 0.208. The van der Waals surface area contributed by atoms with E-state index in [1.807, 2.05) is 0 Å². The van der Waals surface area contributed by atoms with E-state index in [1.165, 1.54) is 12.1 Å². The van der Waals surface area contributed by atoms with Crippen LogP contribution in [0.2, 0.25) is 0 Å². The maximum atomic E-state index is 11.5. The Kier molecular flexibility index (Phi) is 5.10. The van der Waals surface area contributed by atoms with Crippen LogP contribution in [0, 0.1) is 0 Å². The highest BCUT2D eigenvalue weighted by Crippen LogP contribution is 2.08. The van der Waals surface area contributed by atoms with Crippen LogP contribution in [0.15, 0.2) is 29.2 Å². The predicted octanol–water partition coefficient (Wildman–Crippen LogP) is 0.643. The molecular formula is C10H13NO4S. The van der Waals surface area contributed by atoms with Crippen LogP contribution in [-0.2, 0) is 15.8 Å². The van der Waals surface area contributed by atoms with Crippen molar-refractivity contribution in [2.24, 2.45) is 0 Å². The van der Waals surface area contributed by atoms with Crippen LogP contribution >= 0.6 is 0 Å². The Bertz CT molecular complexity index is 394. The van der Waals surface area contributed by atoms with Gasteiger partial charge in [0.15, 0.2) is 11.1 Å². The van der Waals surface area contributed by atoms with Crippen molar-refractivity contribution in [3.05, 3.63) is 29.8 Å². The third kappa shape index (κ3) is 3.73. The lowest BCUT2D eigenvalue weighted by Crippen LogP contribution is -2.26. The lowest BCUT2D eigenvalue weighted by Gasteiger charge is -2.04. The van der Waals surface area contributed by atoms with E-state index in [4.69, 9.17) is 9.29 Å². The molecule has 0 fully saturated rings. The Labute approximate surface area is 96.1 Å². The molecular weight excluding hydrogens is 230 g/mol. The van der Waals surface area contributed by atoms with Gasteiger partial charge >= 0.3 is 0 Å². The molecule has 2 N–H and O–H groups in total. The molecule has 1 atom stereocenters. The number of hydrogen-bond donors (Lipinski definition) is 2. The molecule has 0 saturated carbocycles. The second-order valence-electron chi connectivity index (χ2n) is 3.03. The van der Waals surface area contributed by atoms with E-state index in [0.717, 1.165) is 0 Å². The number of amides is 1. The van der Waals surface area contributed by atoms with Gasteiger partial charge in [-0.2, -0.15) is 0 Å². The van der Waals surface area contributed by atoms with Gasteiger partial charge in [-0.1, -0.05) is 6.07 Å². The quantitative estimate of drug-likeness (QED) is 0.588. The van der Waals surface area contributed by atoms with Crippen LogP contribution in [0.3, 0.4) is 0 Å². The molecule has 16 heavy (non-hydrogen) atoms. The molecule has 1 amide bonds. The van der Waals surface area contributed by atoms with E-state index >= 15 is 0 Å². The minimum Gasteiger partial charge on any atom is -0.383 e. The van der Waals surface area contributed by atoms with Crippen molar-refractivity contribution < 1.29 is 18.3 Å². The average molecular weight is 243 g/mol. The Balaban J connectivity index is 2.68. The molecule has 1 aromatic carbocycles. The summed E-state index contributed by atoms with van der Waals surface area (Å²) < 4.78 is 24.4. The monoisotopic (exact) mass is 243 g/mol. The zero-order valence-electron chi connectivity index (χ0n) is 8.80. The number of ether oxygens (including phenoxy) is 1. The number of nitrogens with one attached hydrogen (secondary N) is 1. The van der Waals surface area contributed by atoms with E-state index in [1.54, 1.807) is 19.2 Å². The van der Waals surface area contributed by atoms with Crippen molar-refractivity contribution in [2.45, 2.75) is 4.90 Å². The highest BCUT2D eigenvalue weighted by molar-refractivity contribution is 7.79. The minimum atomic E-state index is -2.07. The molecule has 88 valence electrons. The first kappa shape index (κ1) is 12.8. The fraction of sp³-hybridized carbons (Fsp3) is 0.300. The maximum absolute atomic E-state index is 11.5. The molecule has 0 aliphatic heterocycles. The largest absolute Gasteiger partial charge is 0.383 e. The van der Waals surface area contributed by atoms with E-state index < -0.39 is 11.1 Å². The van der Waals surface area contributed by atoms with Gasteiger partial charge in [0.2, 0.25) is 0 Å². The summed E-state index contributed by atoms with van der Waals surface area (Å²) in [5.74, 6) is -0.288. The summed E-state index contributed by atoms with van der Waals surface area (Å²) in [4.78, 5) is 11.8. The molecule has 0 aliphatic rings. The zero-order chi connectivity index (χ0) is 12.0. The van der Waals surface area contributed by atoms with Crippen LogP contribution in [0.25, 0.3) is 0 Å². The van der Waals surface area contributed by atoms with Gasteiger partial charge in [0.05, 0.1) is 11.5 Å². The standard InChI is InChI=1S/C10H13NO4S/c1-15-6-5-11-10(12)8-3-2-4-9(7-8)16(13)14/h2-4,7H,5-6H2,1H3,(H,11,12)(H,13,14). The van der Waals surface area contributed by atoms with Crippen molar-refractivity contribution >= 4 is 17.0 Å². The molecule has 0 aliphatic carbocycles. The Morgan fingerprint density at radius 3 is 2.94 bits per heavy atom. The van der Waals surface area contributed by atoms with Crippen LogP contribution < -0.4 is 5.32 Å². The van der Waals surface area contributed by atoms with E-state index in [-0.39, 0.29) is 10.8 Å². The molecule has 0 saturated heterocycles. The van der Waals surface area contributed by atoms with Gasteiger partial charge in [-0.25, -0.2) is 4.21 Å². The summed E-state index contributed by atoms with van der Waals surface area (Å²) in [6.45, 7) is 0.832.